The molecule has 64 heavy (non-hydrogen) atoms. The average Bonchev–Trinajstić information content (AvgIpc) is 3.38. The third-order valence-electron chi connectivity index (χ3n) is 13.0. The Morgan fingerprint density at radius 3 is 0.906 bits per heavy atom. The van der Waals surface area contributed by atoms with Crippen LogP contribution in [0, 0.1) is 0 Å². The monoisotopic (exact) mass is 814 g/mol. The first-order valence-electron chi connectivity index (χ1n) is 22.3. The number of hydrogen-bond acceptors (Lipinski definition) is 0. The molecule has 11 aromatic rings. The van der Waals surface area contributed by atoms with E-state index in [0.717, 1.165) is 0 Å². The normalized spacial score (nSPS) is 12.1. The Morgan fingerprint density at radius 1 is 0.219 bits per heavy atom. The molecule has 0 aliphatic carbocycles. The van der Waals surface area contributed by atoms with Crippen molar-refractivity contribution in [2.45, 2.75) is 13.8 Å². The van der Waals surface area contributed by atoms with Gasteiger partial charge >= 0.3 is 0 Å². The van der Waals surface area contributed by atoms with E-state index in [-0.39, 0.29) is 0 Å². The Kier molecular flexibility index (Phi) is 10.1. The number of hydrogen-bond donors (Lipinski definition) is 0. The van der Waals surface area contributed by atoms with Gasteiger partial charge in [-0.2, -0.15) is 0 Å². The van der Waals surface area contributed by atoms with E-state index < -0.39 is 0 Å². The summed E-state index contributed by atoms with van der Waals surface area (Å²) in [5.74, 6) is 0. The van der Waals surface area contributed by atoms with Gasteiger partial charge in [-0.05, 0) is 147 Å². The summed E-state index contributed by atoms with van der Waals surface area (Å²) in [5, 5.41) is 9.88. The quantitative estimate of drug-likeness (QED) is 0.141. The van der Waals surface area contributed by atoms with E-state index in [9.17, 15) is 0 Å². The lowest BCUT2D eigenvalue weighted by Crippen LogP contribution is -2.29. The van der Waals surface area contributed by atoms with Gasteiger partial charge in [-0.15, -0.1) is 0 Å². The van der Waals surface area contributed by atoms with E-state index in [0.29, 0.717) is 0 Å². The number of rotatable bonds is 7. The van der Waals surface area contributed by atoms with Gasteiger partial charge in [-0.25, -0.2) is 0 Å². The first-order valence-corrected chi connectivity index (χ1v) is 22.3. The molecule has 11 aromatic carbocycles. The molecule has 0 bridgehead atoms. The highest BCUT2D eigenvalue weighted by Gasteiger charge is 2.24. The van der Waals surface area contributed by atoms with Crippen molar-refractivity contribution in [2.24, 2.45) is 0 Å². The van der Waals surface area contributed by atoms with Crippen LogP contribution in [-0.2, 0) is 0 Å². The van der Waals surface area contributed by atoms with Crippen LogP contribution in [0.3, 0.4) is 0 Å². The van der Waals surface area contributed by atoms with Gasteiger partial charge in [-0.3, -0.25) is 0 Å². The first kappa shape index (κ1) is 38.8. The molecular formula is C64H46. The minimum absolute atomic E-state index is 1.20. The van der Waals surface area contributed by atoms with Crippen LogP contribution in [0.25, 0.3) is 122 Å². The van der Waals surface area contributed by atoms with Gasteiger partial charge in [0, 0.05) is 0 Å². The summed E-state index contributed by atoms with van der Waals surface area (Å²) < 4.78 is 0. The smallest absolute Gasteiger partial charge is 0.00140 e. The van der Waals surface area contributed by atoms with Gasteiger partial charge in [0.25, 0.3) is 0 Å². The fourth-order valence-electron chi connectivity index (χ4n) is 10.2. The fourth-order valence-corrected chi connectivity index (χ4v) is 10.2. The maximum atomic E-state index is 2.42. The summed E-state index contributed by atoms with van der Waals surface area (Å²) in [6.07, 6.45) is 4.68. The molecule has 0 saturated heterocycles. The van der Waals surface area contributed by atoms with Crippen molar-refractivity contribution in [1.82, 2.24) is 0 Å². The van der Waals surface area contributed by atoms with Crippen LogP contribution in [0.1, 0.15) is 13.8 Å². The molecule has 0 spiro atoms. The highest BCUT2D eigenvalue weighted by molar-refractivity contribution is 6.25. The second-order valence-corrected chi connectivity index (χ2v) is 16.5. The van der Waals surface area contributed by atoms with Crippen LogP contribution in [0.5, 0.6) is 0 Å². The predicted octanol–water partition coefficient (Wildman–Crippen LogP) is 16.4. The molecule has 302 valence electrons. The van der Waals surface area contributed by atoms with Crippen molar-refractivity contribution < 1.29 is 0 Å². The van der Waals surface area contributed by atoms with Crippen molar-refractivity contribution >= 4 is 44.5 Å². The number of benzene rings is 11. The van der Waals surface area contributed by atoms with Gasteiger partial charge in [0.2, 0.25) is 0 Å². The zero-order valence-corrected chi connectivity index (χ0v) is 36.1. The average molecular weight is 815 g/mol. The summed E-state index contributed by atoms with van der Waals surface area (Å²) in [5.41, 5.74) is 17.1. The van der Waals surface area contributed by atoms with Crippen molar-refractivity contribution in [3.05, 3.63) is 241 Å². The zero-order chi connectivity index (χ0) is 43.0. The van der Waals surface area contributed by atoms with Crippen molar-refractivity contribution in [2.75, 3.05) is 0 Å². The molecule has 0 aliphatic rings. The zero-order valence-electron chi connectivity index (χ0n) is 36.1. The van der Waals surface area contributed by atoms with Crippen LogP contribution in [0.2, 0.25) is 0 Å². The van der Waals surface area contributed by atoms with Gasteiger partial charge in [0.1, 0.15) is 0 Å². The van der Waals surface area contributed by atoms with E-state index in [1.54, 1.807) is 0 Å². The summed E-state index contributed by atoms with van der Waals surface area (Å²) >= 11 is 0. The SMILES string of the molecule is C/C=c1/c(-c2cc(-c3ccccc3)ccc2-c2ccccc2)c2ccccc2c(-c2c3ccccc3c(-c3cc(-c4ccccc4)ccc3-c3ccccc3)c3ccccc23)/c1=C/C. The molecule has 0 nitrogen and oxygen atoms in total. The topological polar surface area (TPSA) is 0 Å². The van der Waals surface area contributed by atoms with Gasteiger partial charge < -0.3 is 0 Å². The van der Waals surface area contributed by atoms with E-state index in [1.165, 1.54) is 121 Å². The van der Waals surface area contributed by atoms with E-state index in [4.69, 9.17) is 0 Å². The van der Waals surface area contributed by atoms with E-state index in [1.807, 2.05) is 0 Å². The molecular weight excluding hydrogens is 769 g/mol. The lowest BCUT2D eigenvalue weighted by molar-refractivity contribution is 1.50. The van der Waals surface area contributed by atoms with Crippen LogP contribution < -0.4 is 10.4 Å². The van der Waals surface area contributed by atoms with Gasteiger partial charge in [-0.1, -0.05) is 231 Å². The Morgan fingerprint density at radius 2 is 0.516 bits per heavy atom. The molecule has 0 atom stereocenters. The highest BCUT2D eigenvalue weighted by Crippen LogP contribution is 2.48. The number of fused-ring (bicyclic) bond motifs is 3. The molecule has 0 aromatic heterocycles. The highest BCUT2D eigenvalue weighted by atomic mass is 14.3. The van der Waals surface area contributed by atoms with Crippen LogP contribution in [0.4, 0.5) is 0 Å². The van der Waals surface area contributed by atoms with Crippen LogP contribution in [0.15, 0.2) is 231 Å². The molecule has 0 unspecified atom stereocenters. The lowest BCUT2D eigenvalue weighted by Gasteiger charge is -2.23. The third kappa shape index (κ3) is 6.64. The maximum Gasteiger partial charge on any atom is -0.00140 e. The Labute approximate surface area is 375 Å². The molecule has 0 radical (unpaired) electrons. The Bertz CT molecular complexity index is 3580. The standard InChI is InChI=1S/C64H46/c1-3-49-50(4-2)63(56-34-20-17-31-53(56)61(49)59-41-47(43-23-9-5-10-24-43)37-39-51(59)45-27-13-7-14-28-45)64-57-35-21-18-32-54(57)62(55-33-19-22-36-58(55)64)60-42-48(44-25-11-6-12-26-44)38-40-52(60)46-29-15-8-16-30-46/h3-42H,1-2H3/b49-3+,50-4+. The van der Waals surface area contributed by atoms with E-state index in [2.05, 4.69) is 257 Å². The minimum Gasteiger partial charge on any atom is -0.0791 e. The molecule has 11 rings (SSSR count). The molecule has 0 heterocycles. The molecule has 0 heteroatoms. The molecule has 0 aliphatic heterocycles. The molecule has 0 N–H and O–H groups in total. The summed E-state index contributed by atoms with van der Waals surface area (Å²) in [6.45, 7) is 4.42. The maximum absolute atomic E-state index is 2.42. The minimum atomic E-state index is 1.20. The summed E-state index contributed by atoms with van der Waals surface area (Å²) in [7, 11) is 0. The first-order chi connectivity index (χ1) is 31.7. The Balaban J connectivity index is 1.26. The fraction of sp³-hybridized carbons (Fsp3) is 0.0312. The molecule has 0 amide bonds. The Hall–Kier alpha value is -8.06. The van der Waals surface area contributed by atoms with Crippen LogP contribution in [-0.4, -0.2) is 0 Å². The van der Waals surface area contributed by atoms with Crippen molar-refractivity contribution in [3.63, 3.8) is 0 Å². The van der Waals surface area contributed by atoms with Gasteiger partial charge in [0.15, 0.2) is 0 Å². The van der Waals surface area contributed by atoms with Crippen molar-refractivity contribution in [3.8, 4) is 77.9 Å². The molecule has 0 fully saturated rings. The lowest BCUT2D eigenvalue weighted by atomic mass is 9.80. The molecule has 0 saturated carbocycles. The second-order valence-electron chi connectivity index (χ2n) is 16.5. The van der Waals surface area contributed by atoms with Gasteiger partial charge in [0.05, 0.1) is 0 Å². The van der Waals surface area contributed by atoms with Crippen LogP contribution >= 0.6 is 0 Å². The largest absolute Gasteiger partial charge is 0.0791 e. The predicted molar refractivity (Wildman–Crippen MR) is 277 cm³/mol. The summed E-state index contributed by atoms with van der Waals surface area (Å²) in [4.78, 5) is 0. The third-order valence-corrected chi connectivity index (χ3v) is 13.0. The summed E-state index contributed by atoms with van der Waals surface area (Å²) in [6, 6.07) is 84.6. The van der Waals surface area contributed by atoms with E-state index >= 15 is 0 Å². The second kappa shape index (κ2) is 16.7. The van der Waals surface area contributed by atoms with Crippen molar-refractivity contribution in [1.29, 1.82) is 0 Å².